The average Bonchev–Trinajstić information content (AvgIpc) is 2.65. The molecular formula is C11H18N4O. The van der Waals surface area contributed by atoms with Crippen molar-refractivity contribution in [1.29, 1.82) is 0 Å². The number of piperidine rings is 1. The molecule has 2 atom stereocenters. The van der Waals surface area contributed by atoms with E-state index in [2.05, 4.69) is 22.7 Å². The van der Waals surface area contributed by atoms with Crippen LogP contribution in [0.25, 0.3) is 0 Å². The zero-order valence-corrected chi connectivity index (χ0v) is 9.73. The Morgan fingerprint density at radius 3 is 3.12 bits per heavy atom. The first-order valence-electron chi connectivity index (χ1n) is 5.68. The lowest BCUT2D eigenvalue weighted by atomic mass is 10.0. The van der Waals surface area contributed by atoms with Crippen molar-refractivity contribution in [3.05, 3.63) is 18.0 Å². The van der Waals surface area contributed by atoms with Gasteiger partial charge in [-0.2, -0.15) is 5.10 Å². The van der Waals surface area contributed by atoms with Gasteiger partial charge in [0.1, 0.15) is 0 Å². The van der Waals surface area contributed by atoms with Gasteiger partial charge in [-0.3, -0.25) is 9.48 Å². The van der Waals surface area contributed by atoms with Crippen LogP contribution in [0.15, 0.2) is 12.4 Å². The highest BCUT2D eigenvalue weighted by molar-refractivity contribution is 5.93. The molecule has 2 heterocycles. The summed E-state index contributed by atoms with van der Waals surface area (Å²) in [6.45, 7) is 3.11. The second-order valence-corrected chi connectivity index (χ2v) is 4.45. The molecule has 1 amide bonds. The molecule has 5 nitrogen and oxygen atoms in total. The number of nitrogens with one attached hydrogen (secondary N) is 2. The Morgan fingerprint density at radius 2 is 2.50 bits per heavy atom. The van der Waals surface area contributed by atoms with E-state index in [0.717, 1.165) is 19.4 Å². The molecule has 0 bridgehead atoms. The van der Waals surface area contributed by atoms with Crippen molar-refractivity contribution < 1.29 is 4.79 Å². The summed E-state index contributed by atoms with van der Waals surface area (Å²) in [5.74, 6) is -0.0211. The maximum Gasteiger partial charge on any atom is 0.254 e. The topological polar surface area (TPSA) is 59.0 Å². The number of amides is 1. The van der Waals surface area contributed by atoms with Crippen LogP contribution in [0.4, 0.5) is 0 Å². The van der Waals surface area contributed by atoms with Crippen molar-refractivity contribution in [2.45, 2.75) is 31.8 Å². The Bertz CT molecular complexity index is 374. The summed E-state index contributed by atoms with van der Waals surface area (Å²) in [5, 5.41) is 10.4. The highest BCUT2D eigenvalue weighted by Gasteiger charge is 2.20. The van der Waals surface area contributed by atoms with Crippen LogP contribution >= 0.6 is 0 Å². The van der Waals surface area contributed by atoms with Crippen LogP contribution in [0.5, 0.6) is 0 Å². The second kappa shape index (κ2) is 4.65. The molecular weight excluding hydrogens is 204 g/mol. The van der Waals surface area contributed by atoms with E-state index >= 15 is 0 Å². The minimum absolute atomic E-state index is 0.0211. The summed E-state index contributed by atoms with van der Waals surface area (Å²) >= 11 is 0. The Balaban J connectivity index is 1.92. The predicted octanol–water partition coefficient (Wildman–Crippen LogP) is 0.290. The van der Waals surface area contributed by atoms with Crippen molar-refractivity contribution in [3.8, 4) is 0 Å². The van der Waals surface area contributed by atoms with Gasteiger partial charge in [0.25, 0.3) is 5.91 Å². The molecule has 0 spiro atoms. The summed E-state index contributed by atoms with van der Waals surface area (Å²) in [4.78, 5) is 11.8. The number of carbonyl (C=O) groups is 1. The molecule has 5 heteroatoms. The van der Waals surface area contributed by atoms with Gasteiger partial charge in [0.05, 0.1) is 11.8 Å². The van der Waals surface area contributed by atoms with E-state index < -0.39 is 0 Å². The van der Waals surface area contributed by atoms with Gasteiger partial charge in [0.2, 0.25) is 0 Å². The molecule has 0 aliphatic carbocycles. The van der Waals surface area contributed by atoms with Crippen LogP contribution in [0.2, 0.25) is 0 Å². The third kappa shape index (κ3) is 2.61. The number of carbonyl (C=O) groups excluding carboxylic acids is 1. The Hall–Kier alpha value is -1.36. The van der Waals surface area contributed by atoms with Crippen LogP contribution < -0.4 is 10.6 Å². The molecule has 2 N–H and O–H groups in total. The van der Waals surface area contributed by atoms with Crippen molar-refractivity contribution in [2.75, 3.05) is 6.54 Å². The molecule has 2 unspecified atom stereocenters. The predicted molar refractivity (Wildman–Crippen MR) is 61.2 cm³/mol. The third-order valence-electron chi connectivity index (χ3n) is 2.93. The van der Waals surface area contributed by atoms with E-state index in [4.69, 9.17) is 0 Å². The highest BCUT2D eigenvalue weighted by Crippen LogP contribution is 2.09. The Kier molecular flexibility index (Phi) is 3.24. The standard InChI is InChI=1S/C11H18N4O/c1-8-5-10(3-4-12-8)14-11(16)9-6-13-15(2)7-9/h6-8,10,12H,3-5H2,1-2H3,(H,14,16). The van der Waals surface area contributed by atoms with Crippen LogP contribution in [-0.4, -0.2) is 34.3 Å². The minimum atomic E-state index is -0.0211. The van der Waals surface area contributed by atoms with E-state index in [1.165, 1.54) is 0 Å². The molecule has 1 aliphatic heterocycles. The maximum absolute atomic E-state index is 11.8. The molecule has 1 aliphatic rings. The number of rotatable bonds is 2. The number of aryl methyl sites for hydroxylation is 1. The van der Waals surface area contributed by atoms with E-state index in [-0.39, 0.29) is 11.9 Å². The monoisotopic (exact) mass is 222 g/mol. The van der Waals surface area contributed by atoms with Gasteiger partial charge in [-0.1, -0.05) is 0 Å². The lowest BCUT2D eigenvalue weighted by molar-refractivity contribution is 0.0925. The second-order valence-electron chi connectivity index (χ2n) is 4.45. The van der Waals surface area contributed by atoms with Gasteiger partial charge in [-0.05, 0) is 26.3 Å². The largest absolute Gasteiger partial charge is 0.349 e. The molecule has 0 radical (unpaired) electrons. The molecule has 0 saturated carbocycles. The highest BCUT2D eigenvalue weighted by atomic mass is 16.1. The van der Waals surface area contributed by atoms with E-state index in [1.54, 1.807) is 17.1 Å². The third-order valence-corrected chi connectivity index (χ3v) is 2.93. The van der Waals surface area contributed by atoms with Gasteiger partial charge in [-0.15, -0.1) is 0 Å². The Labute approximate surface area is 95.2 Å². The van der Waals surface area contributed by atoms with Crippen LogP contribution in [0, 0.1) is 0 Å². The first-order chi connectivity index (χ1) is 7.65. The lowest BCUT2D eigenvalue weighted by Gasteiger charge is -2.28. The molecule has 0 aromatic carbocycles. The van der Waals surface area contributed by atoms with Crippen molar-refractivity contribution >= 4 is 5.91 Å². The summed E-state index contributed by atoms with van der Waals surface area (Å²) < 4.78 is 1.64. The zero-order valence-electron chi connectivity index (χ0n) is 9.73. The van der Waals surface area contributed by atoms with E-state index in [9.17, 15) is 4.79 Å². The number of hydrogen-bond donors (Lipinski definition) is 2. The number of nitrogens with zero attached hydrogens (tertiary/aromatic N) is 2. The normalized spacial score (nSPS) is 25.4. The van der Waals surface area contributed by atoms with Crippen LogP contribution in [0.1, 0.15) is 30.1 Å². The van der Waals surface area contributed by atoms with E-state index in [1.807, 2.05) is 7.05 Å². The fourth-order valence-electron chi connectivity index (χ4n) is 2.07. The van der Waals surface area contributed by atoms with Gasteiger partial charge < -0.3 is 10.6 Å². The first-order valence-corrected chi connectivity index (χ1v) is 5.68. The average molecular weight is 222 g/mol. The van der Waals surface area contributed by atoms with E-state index in [0.29, 0.717) is 11.6 Å². The van der Waals surface area contributed by atoms with Crippen molar-refractivity contribution in [1.82, 2.24) is 20.4 Å². The van der Waals surface area contributed by atoms with Crippen LogP contribution in [-0.2, 0) is 7.05 Å². The summed E-state index contributed by atoms with van der Waals surface area (Å²) in [7, 11) is 1.81. The van der Waals surface area contributed by atoms with Gasteiger partial charge in [0, 0.05) is 25.3 Å². The van der Waals surface area contributed by atoms with Crippen molar-refractivity contribution in [3.63, 3.8) is 0 Å². The van der Waals surface area contributed by atoms with Gasteiger partial charge >= 0.3 is 0 Å². The molecule has 1 aromatic heterocycles. The van der Waals surface area contributed by atoms with Gasteiger partial charge in [0.15, 0.2) is 0 Å². The fourth-order valence-corrected chi connectivity index (χ4v) is 2.07. The smallest absolute Gasteiger partial charge is 0.254 e. The first kappa shape index (κ1) is 11.1. The fraction of sp³-hybridized carbons (Fsp3) is 0.636. The lowest BCUT2D eigenvalue weighted by Crippen LogP contribution is -2.46. The zero-order chi connectivity index (χ0) is 11.5. The summed E-state index contributed by atoms with van der Waals surface area (Å²) in [5.41, 5.74) is 0.633. The number of aromatic nitrogens is 2. The molecule has 1 aromatic rings. The van der Waals surface area contributed by atoms with Gasteiger partial charge in [-0.25, -0.2) is 0 Å². The quantitative estimate of drug-likeness (QED) is 0.756. The summed E-state index contributed by atoms with van der Waals surface area (Å²) in [6, 6.07) is 0.761. The molecule has 88 valence electrons. The minimum Gasteiger partial charge on any atom is -0.349 e. The molecule has 1 saturated heterocycles. The SMILES string of the molecule is CC1CC(NC(=O)c2cnn(C)c2)CCN1. The maximum atomic E-state index is 11.8. The van der Waals surface area contributed by atoms with Crippen molar-refractivity contribution in [2.24, 2.45) is 7.05 Å². The molecule has 2 rings (SSSR count). The van der Waals surface area contributed by atoms with Crippen LogP contribution in [0.3, 0.4) is 0 Å². The number of hydrogen-bond acceptors (Lipinski definition) is 3. The molecule has 1 fully saturated rings. The Morgan fingerprint density at radius 1 is 1.69 bits per heavy atom. The summed E-state index contributed by atoms with van der Waals surface area (Å²) in [6.07, 6.45) is 5.32. The molecule has 16 heavy (non-hydrogen) atoms.